The maximum absolute atomic E-state index is 13.1. The normalized spacial score (nSPS) is 16.1. The minimum atomic E-state index is -4.50. The molecular weight excluding hydrogens is 371 g/mol. The fourth-order valence-corrected chi connectivity index (χ4v) is 3.33. The molecule has 152 valence electrons. The summed E-state index contributed by atoms with van der Waals surface area (Å²) in [6.07, 6.45) is 1.67. The molecule has 9 heteroatoms. The minimum Gasteiger partial charge on any atom is -0.338 e. The van der Waals surface area contributed by atoms with E-state index >= 15 is 0 Å². The number of likely N-dealkylation sites (tertiary alicyclic amines) is 1. The van der Waals surface area contributed by atoms with Crippen LogP contribution in [0.15, 0.2) is 36.7 Å². The van der Waals surface area contributed by atoms with E-state index in [-0.39, 0.29) is 5.69 Å². The van der Waals surface area contributed by atoms with Crippen LogP contribution in [0.1, 0.15) is 24.8 Å². The van der Waals surface area contributed by atoms with E-state index < -0.39 is 17.8 Å². The van der Waals surface area contributed by atoms with E-state index in [9.17, 15) is 18.0 Å². The fourth-order valence-electron chi connectivity index (χ4n) is 3.33. The zero-order valence-corrected chi connectivity index (χ0v) is 15.7. The summed E-state index contributed by atoms with van der Waals surface area (Å²) in [5.41, 5.74) is -0.413. The van der Waals surface area contributed by atoms with Gasteiger partial charge in [0.15, 0.2) is 0 Å². The molecule has 0 saturated carbocycles. The van der Waals surface area contributed by atoms with Gasteiger partial charge in [0.25, 0.3) is 0 Å². The fraction of sp³-hybridized carbons (Fsp3) is 0.474. The third kappa shape index (κ3) is 5.25. The van der Waals surface area contributed by atoms with Gasteiger partial charge >= 0.3 is 12.2 Å². The number of hydrogen-bond donors (Lipinski definition) is 2. The molecule has 2 aromatic rings. The molecule has 1 aliphatic rings. The lowest BCUT2D eigenvalue weighted by molar-refractivity contribution is -0.137. The number of carbonyl (C=O) groups is 1. The molecule has 1 saturated heterocycles. The van der Waals surface area contributed by atoms with Crippen molar-refractivity contribution < 1.29 is 18.0 Å². The van der Waals surface area contributed by atoms with Crippen LogP contribution in [0.5, 0.6) is 0 Å². The Kier molecular flexibility index (Phi) is 6.23. The first kappa shape index (κ1) is 20.2. The molecule has 0 unspecified atom stereocenters. The molecule has 0 bridgehead atoms. The molecule has 6 nitrogen and oxygen atoms in total. The molecule has 0 spiro atoms. The molecule has 1 aromatic carbocycles. The van der Waals surface area contributed by atoms with Gasteiger partial charge in [-0.2, -0.15) is 18.3 Å². The lowest BCUT2D eigenvalue weighted by Crippen LogP contribution is -2.34. The average Bonchev–Trinajstić information content (AvgIpc) is 3.17. The van der Waals surface area contributed by atoms with Crippen LogP contribution in [-0.4, -0.2) is 47.4 Å². The van der Waals surface area contributed by atoms with Crippen molar-refractivity contribution in [2.75, 3.05) is 32.0 Å². The van der Waals surface area contributed by atoms with Crippen LogP contribution in [-0.2, 0) is 6.18 Å². The van der Waals surface area contributed by atoms with E-state index in [1.165, 1.54) is 16.9 Å². The highest BCUT2D eigenvalue weighted by molar-refractivity contribution is 5.91. The van der Waals surface area contributed by atoms with Gasteiger partial charge in [0.1, 0.15) is 0 Å². The third-order valence-corrected chi connectivity index (χ3v) is 5.00. The number of hydrogen-bond acceptors (Lipinski definition) is 3. The van der Waals surface area contributed by atoms with Crippen molar-refractivity contribution in [1.82, 2.24) is 20.0 Å². The van der Waals surface area contributed by atoms with Crippen molar-refractivity contribution in [2.45, 2.75) is 25.4 Å². The predicted octanol–water partition coefficient (Wildman–Crippen LogP) is 3.74. The van der Waals surface area contributed by atoms with Crippen molar-refractivity contribution in [2.24, 2.45) is 5.92 Å². The molecule has 1 aliphatic heterocycles. The van der Waals surface area contributed by atoms with E-state index in [0.29, 0.717) is 18.2 Å². The highest BCUT2D eigenvalue weighted by Gasteiger charge is 2.31. The number of anilines is 1. The molecule has 3 rings (SSSR count). The molecule has 2 heterocycles. The zero-order chi connectivity index (χ0) is 20.1. The Hall–Kier alpha value is -2.55. The number of urea groups is 1. The van der Waals surface area contributed by atoms with Crippen LogP contribution >= 0.6 is 0 Å². The Balaban J connectivity index is 1.63. The van der Waals surface area contributed by atoms with Crippen molar-refractivity contribution in [3.05, 3.63) is 42.2 Å². The van der Waals surface area contributed by atoms with Crippen LogP contribution < -0.4 is 10.6 Å². The van der Waals surface area contributed by atoms with E-state index in [0.717, 1.165) is 44.5 Å². The van der Waals surface area contributed by atoms with E-state index in [4.69, 9.17) is 0 Å². The predicted molar refractivity (Wildman–Crippen MR) is 100 cm³/mol. The monoisotopic (exact) mass is 395 g/mol. The van der Waals surface area contributed by atoms with Gasteiger partial charge in [0.2, 0.25) is 0 Å². The summed E-state index contributed by atoms with van der Waals surface area (Å²) in [7, 11) is 2.09. The summed E-state index contributed by atoms with van der Waals surface area (Å²) in [5, 5.41) is 9.32. The first-order valence-electron chi connectivity index (χ1n) is 9.27. The Morgan fingerprint density at radius 3 is 2.68 bits per heavy atom. The lowest BCUT2D eigenvalue weighted by Gasteiger charge is -2.28. The number of piperidine rings is 1. The summed E-state index contributed by atoms with van der Waals surface area (Å²) in [6, 6.07) is 4.32. The summed E-state index contributed by atoms with van der Waals surface area (Å²) in [4.78, 5) is 14.5. The lowest BCUT2D eigenvalue weighted by atomic mass is 9.94. The van der Waals surface area contributed by atoms with Crippen molar-refractivity contribution >= 4 is 11.7 Å². The first-order chi connectivity index (χ1) is 13.3. The Morgan fingerprint density at radius 2 is 2.04 bits per heavy atom. The van der Waals surface area contributed by atoms with Gasteiger partial charge in [-0.25, -0.2) is 9.48 Å². The highest BCUT2D eigenvalue weighted by Crippen LogP contribution is 2.33. The summed E-state index contributed by atoms with van der Waals surface area (Å²) in [5.74, 6) is 0.560. The quantitative estimate of drug-likeness (QED) is 0.811. The van der Waals surface area contributed by atoms with Crippen molar-refractivity contribution in [1.29, 1.82) is 0 Å². The molecule has 0 atom stereocenters. The number of amides is 2. The topological polar surface area (TPSA) is 62.2 Å². The molecule has 1 fully saturated rings. The summed E-state index contributed by atoms with van der Waals surface area (Å²) in [6.45, 7) is 2.58. The van der Waals surface area contributed by atoms with Crippen LogP contribution in [0.4, 0.5) is 23.7 Å². The van der Waals surface area contributed by atoms with E-state index in [2.05, 4.69) is 27.7 Å². The van der Waals surface area contributed by atoms with Gasteiger partial charge in [-0.05, 0) is 69.6 Å². The second-order valence-electron chi connectivity index (χ2n) is 7.10. The van der Waals surface area contributed by atoms with Gasteiger partial charge in [-0.1, -0.05) is 0 Å². The van der Waals surface area contributed by atoms with Crippen molar-refractivity contribution in [3.63, 3.8) is 0 Å². The molecule has 28 heavy (non-hydrogen) atoms. The Morgan fingerprint density at radius 1 is 1.29 bits per heavy atom. The zero-order valence-electron chi connectivity index (χ0n) is 15.7. The number of rotatable bonds is 5. The van der Waals surface area contributed by atoms with Crippen LogP contribution in [0.3, 0.4) is 0 Å². The number of carbonyl (C=O) groups excluding carboxylic acids is 1. The van der Waals surface area contributed by atoms with Gasteiger partial charge < -0.3 is 15.5 Å². The maximum atomic E-state index is 13.1. The maximum Gasteiger partial charge on any atom is 0.416 e. The molecule has 0 radical (unpaired) electrons. The molecule has 0 aliphatic carbocycles. The van der Waals surface area contributed by atoms with Gasteiger partial charge in [0.05, 0.1) is 16.9 Å². The number of halogens is 3. The molecule has 2 N–H and O–H groups in total. The van der Waals surface area contributed by atoms with E-state index in [1.54, 1.807) is 12.3 Å². The van der Waals surface area contributed by atoms with E-state index in [1.807, 2.05) is 0 Å². The second kappa shape index (κ2) is 8.64. The average molecular weight is 395 g/mol. The highest BCUT2D eigenvalue weighted by atomic mass is 19.4. The number of nitrogens with one attached hydrogen (secondary N) is 2. The number of aromatic nitrogens is 2. The Bertz CT molecular complexity index is 783. The van der Waals surface area contributed by atoms with Crippen molar-refractivity contribution in [3.8, 4) is 5.69 Å². The molecule has 1 aromatic heterocycles. The minimum absolute atomic E-state index is 0.0512. The van der Waals surface area contributed by atoms with Gasteiger partial charge in [-0.15, -0.1) is 0 Å². The van der Waals surface area contributed by atoms with Gasteiger partial charge in [-0.3, -0.25) is 0 Å². The smallest absolute Gasteiger partial charge is 0.338 e. The number of nitrogens with zero attached hydrogens (tertiary/aromatic N) is 3. The van der Waals surface area contributed by atoms with Crippen LogP contribution in [0.2, 0.25) is 0 Å². The second-order valence-corrected chi connectivity index (χ2v) is 7.10. The molecule has 2 amide bonds. The number of alkyl halides is 3. The van der Waals surface area contributed by atoms with Crippen LogP contribution in [0.25, 0.3) is 5.69 Å². The van der Waals surface area contributed by atoms with Gasteiger partial charge in [0, 0.05) is 18.9 Å². The third-order valence-electron chi connectivity index (χ3n) is 5.00. The SMILES string of the molecule is CN1CCC(CCNC(=O)Nc2cc(C(F)(F)F)ccc2-n2cccn2)CC1. The standard InChI is InChI=1S/C19H24F3N5O/c1-26-11-6-14(7-12-26)5-9-23-18(28)25-16-13-15(19(20,21)22)3-4-17(16)27-10-2-8-24-27/h2-4,8,10,13-14H,5-7,9,11-12H2,1H3,(H2,23,25,28). The summed E-state index contributed by atoms with van der Waals surface area (Å²) < 4.78 is 40.6. The van der Waals surface area contributed by atoms with Crippen LogP contribution in [0, 0.1) is 5.92 Å². The number of benzene rings is 1. The first-order valence-corrected chi connectivity index (χ1v) is 9.27. The largest absolute Gasteiger partial charge is 0.416 e. The Labute approximate surface area is 161 Å². The molecular formula is C19H24F3N5O. The summed E-state index contributed by atoms with van der Waals surface area (Å²) >= 11 is 0.